The number of carbonyl (C=O) groups excluding carboxylic acids is 2. The summed E-state index contributed by atoms with van der Waals surface area (Å²) in [4.78, 5) is 39.2. The fraction of sp³-hybridized carbons (Fsp3) is 0.400. The second kappa shape index (κ2) is 12.8. The lowest BCUT2D eigenvalue weighted by atomic mass is 9.95. The monoisotopic (exact) mass is 563 g/mol. The molecule has 0 radical (unpaired) electrons. The normalized spacial score (nSPS) is 15.3. The number of methoxy groups -OCH3 is 3. The fourth-order valence-electron chi connectivity index (χ4n) is 5.24. The molecule has 1 aliphatic carbocycles. The van der Waals surface area contributed by atoms with Crippen molar-refractivity contribution in [3.63, 3.8) is 0 Å². The summed E-state index contributed by atoms with van der Waals surface area (Å²) in [5.41, 5.74) is 3.52. The van der Waals surface area contributed by atoms with Crippen LogP contribution in [0.15, 0.2) is 41.5 Å². The molecule has 11 nitrogen and oxygen atoms in total. The largest absolute Gasteiger partial charge is 0.493 e. The van der Waals surface area contributed by atoms with E-state index >= 15 is 0 Å². The molecule has 1 heterocycles. The van der Waals surface area contributed by atoms with Gasteiger partial charge in [-0.3, -0.25) is 19.5 Å². The predicted molar refractivity (Wildman–Crippen MR) is 157 cm³/mol. The SMILES string of the molecule is CCC(C)C(Nc1ccc2c(cc1=O)C(NC(C)=O)CCc1cc(OC)c(OC)c(OC)c1-2)C(=O)Nc1cn[nH]c1. The number of carbonyl (C=O) groups is 2. The number of aromatic amines is 1. The van der Waals surface area contributed by atoms with Crippen molar-refractivity contribution in [2.24, 2.45) is 5.92 Å². The van der Waals surface area contributed by atoms with Gasteiger partial charge in [0.1, 0.15) is 6.04 Å². The van der Waals surface area contributed by atoms with Gasteiger partial charge >= 0.3 is 0 Å². The summed E-state index contributed by atoms with van der Waals surface area (Å²) in [5, 5.41) is 15.6. The van der Waals surface area contributed by atoms with Gasteiger partial charge in [0.25, 0.3) is 0 Å². The van der Waals surface area contributed by atoms with E-state index in [4.69, 9.17) is 14.2 Å². The summed E-state index contributed by atoms with van der Waals surface area (Å²) < 4.78 is 17.1. The molecule has 3 unspecified atom stereocenters. The molecule has 0 fully saturated rings. The van der Waals surface area contributed by atoms with Crippen LogP contribution in [0, 0.1) is 5.92 Å². The topological polar surface area (TPSA) is 144 Å². The summed E-state index contributed by atoms with van der Waals surface area (Å²) >= 11 is 0. The molecule has 4 rings (SSSR count). The van der Waals surface area contributed by atoms with Gasteiger partial charge in [-0.05, 0) is 53.6 Å². The quantitative estimate of drug-likeness (QED) is 0.289. The van der Waals surface area contributed by atoms with E-state index < -0.39 is 12.1 Å². The number of rotatable bonds is 10. The average molecular weight is 564 g/mol. The molecule has 4 N–H and O–H groups in total. The summed E-state index contributed by atoms with van der Waals surface area (Å²) in [6.07, 6.45) is 4.95. The summed E-state index contributed by atoms with van der Waals surface area (Å²) in [7, 11) is 4.65. The van der Waals surface area contributed by atoms with Gasteiger partial charge in [-0.2, -0.15) is 5.10 Å². The van der Waals surface area contributed by atoms with Gasteiger partial charge in [-0.15, -0.1) is 0 Å². The molecule has 1 aromatic heterocycles. The molecule has 218 valence electrons. The number of hydrogen-bond donors (Lipinski definition) is 4. The van der Waals surface area contributed by atoms with Crippen molar-refractivity contribution in [2.75, 3.05) is 32.0 Å². The van der Waals surface area contributed by atoms with Crippen molar-refractivity contribution in [2.45, 2.75) is 52.1 Å². The van der Waals surface area contributed by atoms with Crippen LogP contribution in [0.1, 0.15) is 50.8 Å². The smallest absolute Gasteiger partial charge is 0.247 e. The Morgan fingerprint density at radius 3 is 2.49 bits per heavy atom. The third-order valence-corrected chi connectivity index (χ3v) is 7.49. The van der Waals surface area contributed by atoms with E-state index in [2.05, 4.69) is 26.1 Å². The molecular formula is C30H37N5O6. The number of H-pyrrole nitrogens is 1. The molecule has 0 spiro atoms. The number of fused-ring (bicyclic) bond motifs is 3. The standard InChI is InChI=1S/C30H37N5O6/c1-7-16(2)27(30(38)34-19-14-31-32-15-19)35-23-11-9-20-21(13-24(23)37)22(33-17(3)36)10-8-18-12-25(39-4)28(40-5)29(41-6)26(18)20/h9,11-16,22,27H,7-8,10H2,1-6H3,(H,31,32)(H,33,36)(H,34,38)(H,35,37). The van der Waals surface area contributed by atoms with Crippen LogP contribution >= 0.6 is 0 Å². The molecule has 3 aromatic rings. The van der Waals surface area contributed by atoms with Gasteiger partial charge in [-0.25, -0.2) is 0 Å². The Labute approximate surface area is 239 Å². The van der Waals surface area contributed by atoms with E-state index in [1.807, 2.05) is 26.0 Å². The summed E-state index contributed by atoms with van der Waals surface area (Å²) in [6.45, 7) is 5.38. The summed E-state index contributed by atoms with van der Waals surface area (Å²) in [6, 6.07) is 5.82. The minimum atomic E-state index is -0.692. The number of nitrogens with one attached hydrogen (secondary N) is 4. The zero-order valence-electron chi connectivity index (χ0n) is 24.2. The molecule has 1 aliphatic rings. The van der Waals surface area contributed by atoms with Crippen LogP contribution in [0.5, 0.6) is 17.2 Å². The number of ether oxygens (including phenoxy) is 3. The van der Waals surface area contributed by atoms with E-state index in [0.29, 0.717) is 53.3 Å². The van der Waals surface area contributed by atoms with Crippen molar-refractivity contribution in [3.8, 4) is 28.4 Å². The van der Waals surface area contributed by atoms with E-state index in [9.17, 15) is 14.4 Å². The lowest BCUT2D eigenvalue weighted by Gasteiger charge is -2.23. The van der Waals surface area contributed by atoms with Crippen LogP contribution < -0.4 is 35.6 Å². The van der Waals surface area contributed by atoms with Crippen molar-refractivity contribution in [1.29, 1.82) is 0 Å². The molecule has 0 aliphatic heterocycles. The highest BCUT2D eigenvalue weighted by Crippen LogP contribution is 2.50. The molecule has 41 heavy (non-hydrogen) atoms. The van der Waals surface area contributed by atoms with Gasteiger partial charge in [-0.1, -0.05) is 26.3 Å². The van der Waals surface area contributed by atoms with Crippen molar-refractivity contribution in [1.82, 2.24) is 15.5 Å². The Morgan fingerprint density at radius 1 is 1.12 bits per heavy atom. The minimum absolute atomic E-state index is 0.0886. The van der Waals surface area contributed by atoms with Crippen molar-refractivity contribution < 1.29 is 23.8 Å². The lowest BCUT2D eigenvalue weighted by molar-refractivity contribution is -0.120. The van der Waals surface area contributed by atoms with E-state index in [1.54, 1.807) is 26.5 Å². The molecule has 0 bridgehead atoms. The Morgan fingerprint density at radius 2 is 1.88 bits per heavy atom. The lowest BCUT2D eigenvalue weighted by Crippen LogP contribution is -2.40. The van der Waals surface area contributed by atoms with Crippen molar-refractivity contribution in [3.05, 3.63) is 58.0 Å². The maximum Gasteiger partial charge on any atom is 0.247 e. The first-order valence-electron chi connectivity index (χ1n) is 13.6. The Bertz CT molecular complexity index is 1470. The summed E-state index contributed by atoms with van der Waals surface area (Å²) in [5.74, 6) is 0.839. The zero-order valence-corrected chi connectivity index (χ0v) is 24.2. The average Bonchev–Trinajstić information content (AvgIpc) is 3.36. The molecular weight excluding hydrogens is 526 g/mol. The number of nitrogens with zero attached hydrogens (tertiary/aromatic N) is 1. The van der Waals surface area contributed by atoms with Gasteiger partial charge in [0.2, 0.25) is 23.0 Å². The third kappa shape index (κ3) is 6.13. The van der Waals surface area contributed by atoms with Crippen LogP contribution in [0.3, 0.4) is 0 Å². The number of benzene rings is 1. The second-order valence-corrected chi connectivity index (χ2v) is 10.1. The zero-order chi connectivity index (χ0) is 29.7. The fourth-order valence-corrected chi connectivity index (χ4v) is 5.24. The Kier molecular flexibility index (Phi) is 9.16. The molecule has 11 heteroatoms. The highest BCUT2D eigenvalue weighted by atomic mass is 16.5. The second-order valence-electron chi connectivity index (χ2n) is 10.1. The number of aryl methyl sites for hydroxylation is 1. The third-order valence-electron chi connectivity index (χ3n) is 7.49. The van der Waals surface area contributed by atoms with Crippen LogP contribution in [-0.2, 0) is 16.0 Å². The number of hydrogen-bond acceptors (Lipinski definition) is 8. The molecule has 3 atom stereocenters. The maximum atomic E-state index is 13.7. The Hall–Kier alpha value is -4.54. The van der Waals surface area contributed by atoms with E-state index in [-0.39, 0.29) is 28.8 Å². The van der Waals surface area contributed by atoms with Gasteiger partial charge < -0.3 is 30.2 Å². The first kappa shape index (κ1) is 29.4. The number of amides is 2. The maximum absolute atomic E-state index is 13.7. The van der Waals surface area contributed by atoms with Crippen LogP contribution in [0.4, 0.5) is 11.4 Å². The molecule has 0 saturated carbocycles. The molecule has 0 saturated heterocycles. The highest BCUT2D eigenvalue weighted by molar-refractivity contribution is 5.96. The minimum Gasteiger partial charge on any atom is -0.493 e. The van der Waals surface area contributed by atoms with E-state index in [0.717, 1.165) is 11.1 Å². The van der Waals surface area contributed by atoms with Crippen LogP contribution in [-0.4, -0.2) is 49.4 Å². The first-order chi connectivity index (χ1) is 19.7. The van der Waals surface area contributed by atoms with Crippen LogP contribution in [0.2, 0.25) is 0 Å². The number of aromatic nitrogens is 2. The van der Waals surface area contributed by atoms with Gasteiger partial charge in [0.05, 0.1) is 44.9 Å². The molecule has 2 amide bonds. The van der Waals surface area contributed by atoms with Crippen LogP contribution in [0.25, 0.3) is 11.1 Å². The Balaban J connectivity index is 1.88. The predicted octanol–water partition coefficient (Wildman–Crippen LogP) is 4.05. The van der Waals surface area contributed by atoms with Gasteiger partial charge in [0, 0.05) is 18.7 Å². The first-order valence-corrected chi connectivity index (χ1v) is 13.6. The number of anilines is 2. The highest BCUT2D eigenvalue weighted by Gasteiger charge is 2.30. The van der Waals surface area contributed by atoms with Crippen molar-refractivity contribution >= 4 is 23.2 Å². The van der Waals surface area contributed by atoms with E-state index in [1.165, 1.54) is 26.3 Å². The molecule has 2 aromatic carbocycles. The van der Waals surface area contributed by atoms with Gasteiger partial charge in [0.15, 0.2) is 11.5 Å².